The van der Waals surface area contributed by atoms with Gasteiger partial charge in [0.25, 0.3) is 0 Å². The predicted molar refractivity (Wildman–Crippen MR) is 88.3 cm³/mol. The zero-order valence-electron chi connectivity index (χ0n) is 14.0. The van der Waals surface area contributed by atoms with E-state index in [9.17, 15) is 4.79 Å². The fraction of sp³-hybridized carbons (Fsp3) is 0.556. The Bertz CT molecular complexity index is 613. The maximum absolute atomic E-state index is 12.3. The highest BCUT2D eigenvalue weighted by Gasteiger charge is 2.42. The van der Waals surface area contributed by atoms with Crippen molar-refractivity contribution in [1.82, 2.24) is 4.90 Å². The average Bonchev–Trinajstić information content (AvgIpc) is 2.75. The summed E-state index contributed by atoms with van der Waals surface area (Å²) in [6.07, 6.45) is 1.96. The van der Waals surface area contributed by atoms with Crippen LogP contribution in [-0.2, 0) is 4.74 Å². The molecule has 0 N–H and O–H groups in total. The zero-order valence-corrected chi connectivity index (χ0v) is 14.0. The van der Waals surface area contributed by atoms with Crippen LogP contribution in [-0.4, -0.2) is 41.8 Å². The van der Waals surface area contributed by atoms with Gasteiger partial charge in [-0.2, -0.15) is 5.26 Å². The summed E-state index contributed by atoms with van der Waals surface area (Å²) in [6.45, 7) is 7.09. The molecule has 2 saturated heterocycles. The van der Waals surface area contributed by atoms with E-state index in [0.717, 1.165) is 18.5 Å². The van der Waals surface area contributed by atoms with E-state index in [-0.39, 0.29) is 6.09 Å². The molecule has 1 aromatic rings. The second-order valence-corrected chi connectivity index (χ2v) is 7.34. The van der Waals surface area contributed by atoms with Crippen molar-refractivity contribution in [1.29, 1.82) is 5.26 Å². The van der Waals surface area contributed by atoms with E-state index in [4.69, 9.17) is 10.00 Å². The van der Waals surface area contributed by atoms with Crippen LogP contribution in [0.5, 0.6) is 0 Å². The minimum absolute atomic E-state index is 0.214. The zero-order chi connectivity index (χ0) is 16.6. The van der Waals surface area contributed by atoms with Gasteiger partial charge in [-0.15, -0.1) is 0 Å². The van der Waals surface area contributed by atoms with Gasteiger partial charge in [0.2, 0.25) is 0 Å². The van der Waals surface area contributed by atoms with Crippen LogP contribution < -0.4 is 4.90 Å². The summed E-state index contributed by atoms with van der Waals surface area (Å²) >= 11 is 0. The van der Waals surface area contributed by atoms with Gasteiger partial charge < -0.3 is 14.5 Å². The Morgan fingerprint density at radius 2 is 1.74 bits per heavy atom. The van der Waals surface area contributed by atoms with E-state index in [1.54, 1.807) is 0 Å². The summed E-state index contributed by atoms with van der Waals surface area (Å²) in [5.41, 5.74) is 1.36. The Morgan fingerprint density at radius 1 is 1.17 bits per heavy atom. The summed E-state index contributed by atoms with van der Waals surface area (Å²) < 4.78 is 5.51. The van der Waals surface area contributed by atoms with Gasteiger partial charge in [0, 0.05) is 30.9 Å². The Kier molecular flexibility index (Phi) is 3.93. The minimum Gasteiger partial charge on any atom is -0.444 e. The van der Waals surface area contributed by atoms with Crippen LogP contribution in [0.3, 0.4) is 0 Å². The molecule has 2 atom stereocenters. The second-order valence-electron chi connectivity index (χ2n) is 7.34. The number of carbonyl (C=O) groups is 1. The van der Waals surface area contributed by atoms with Crippen molar-refractivity contribution in [3.05, 3.63) is 29.8 Å². The molecule has 2 aliphatic heterocycles. The SMILES string of the molecule is CC(C)(C)OC(=O)N1CC2CC[C@@H](C1)N2c1ccc(C#N)cc1. The van der Waals surface area contributed by atoms with E-state index >= 15 is 0 Å². The number of rotatable bonds is 1. The highest BCUT2D eigenvalue weighted by Crippen LogP contribution is 2.35. The molecule has 5 nitrogen and oxygen atoms in total. The second kappa shape index (κ2) is 5.77. The molecule has 2 heterocycles. The lowest BCUT2D eigenvalue weighted by Crippen LogP contribution is -2.56. The van der Waals surface area contributed by atoms with Gasteiger partial charge in [-0.05, 0) is 57.9 Å². The van der Waals surface area contributed by atoms with Gasteiger partial charge in [-0.3, -0.25) is 0 Å². The van der Waals surface area contributed by atoms with E-state index < -0.39 is 5.60 Å². The first kappa shape index (κ1) is 15.7. The van der Waals surface area contributed by atoms with Crippen molar-refractivity contribution < 1.29 is 9.53 Å². The predicted octanol–water partition coefficient (Wildman–Crippen LogP) is 3.15. The maximum atomic E-state index is 12.3. The van der Waals surface area contributed by atoms with Crippen LogP contribution >= 0.6 is 0 Å². The van der Waals surface area contributed by atoms with Crippen LogP contribution in [0.2, 0.25) is 0 Å². The Morgan fingerprint density at radius 3 is 2.22 bits per heavy atom. The van der Waals surface area contributed by atoms with E-state index in [2.05, 4.69) is 11.0 Å². The number of likely N-dealkylation sites (tertiary alicyclic amines) is 1. The van der Waals surface area contributed by atoms with Gasteiger partial charge in [0.1, 0.15) is 5.60 Å². The number of nitrogens with zero attached hydrogens (tertiary/aromatic N) is 3. The van der Waals surface area contributed by atoms with Crippen LogP contribution in [0.1, 0.15) is 39.2 Å². The molecule has 0 aromatic heterocycles. The third-order valence-corrected chi connectivity index (χ3v) is 4.43. The number of ether oxygens (including phenoxy) is 1. The first-order chi connectivity index (χ1) is 10.9. The van der Waals surface area contributed by atoms with Crippen LogP contribution in [0, 0.1) is 11.3 Å². The summed E-state index contributed by atoms with van der Waals surface area (Å²) in [6, 6.07) is 10.5. The molecular formula is C18H23N3O2. The number of piperazine rings is 1. The van der Waals surface area contributed by atoms with E-state index in [1.165, 1.54) is 0 Å². The quantitative estimate of drug-likeness (QED) is 0.799. The first-order valence-electron chi connectivity index (χ1n) is 8.14. The number of fused-ring (bicyclic) bond motifs is 2. The lowest BCUT2D eigenvalue weighted by atomic mass is 10.1. The molecule has 0 saturated carbocycles. The monoisotopic (exact) mass is 313 g/mol. The van der Waals surface area contributed by atoms with Gasteiger partial charge >= 0.3 is 6.09 Å². The largest absolute Gasteiger partial charge is 0.444 e. The molecule has 5 heteroatoms. The third kappa shape index (κ3) is 3.26. The van der Waals surface area contributed by atoms with Crippen LogP contribution in [0.4, 0.5) is 10.5 Å². The fourth-order valence-corrected chi connectivity index (χ4v) is 3.51. The van der Waals surface area contributed by atoms with Gasteiger partial charge in [-0.25, -0.2) is 4.79 Å². The maximum Gasteiger partial charge on any atom is 0.410 e. The molecule has 1 aromatic carbocycles. The molecule has 23 heavy (non-hydrogen) atoms. The van der Waals surface area contributed by atoms with Crippen LogP contribution in [0.15, 0.2) is 24.3 Å². The summed E-state index contributed by atoms with van der Waals surface area (Å²) in [5.74, 6) is 0. The van der Waals surface area contributed by atoms with E-state index in [0.29, 0.717) is 30.7 Å². The Hall–Kier alpha value is -2.22. The number of nitriles is 1. The molecule has 1 amide bonds. The summed E-state index contributed by atoms with van der Waals surface area (Å²) in [5, 5.41) is 8.92. The molecule has 2 bridgehead atoms. The van der Waals surface area contributed by atoms with Gasteiger partial charge in [0.15, 0.2) is 0 Å². The minimum atomic E-state index is -0.458. The fourth-order valence-electron chi connectivity index (χ4n) is 3.51. The lowest BCUT2D eigenvalue weighted by molar-refractivity contribution is 0.0209. The number of hydrogen-bond acceptors (Lipinski definition) is 4. The van der Waals surface area contributed by atoms with Crippen molar-refractivity contribution in [3.63, 3.8) is 0 Å². The van der Waals surface area contributed by atoms with Gasteiger partial charge in [-0.1, -0.05) is 0 Å². The van der Waals surface area contributed by atoms with Crippen molar-refractivity contribution in [3.8, 4) is 6.07 Å². The standard InChI is InChI=1S/C18H23N3O2/c1-18(2,3)23-17(22)20-11-15-8-9-16(12-20)21(15)14-6-4-13(10-19)5-7-14/h4-7,15-16H,8-9,11-12H2,1-3H3/t15-,16?/m0/s1. The lowest BCUT2D eigenvalue weighted by Gasteiger charge is -2.42. The van der Waals surface area contributed by atoms with Gasteiger partial charge in [0.05, 0.1) is 11.6 Å². The molecule has 3 rings (SSSR count). The van der Waals surface area contributed by atoms with Crippen molar-refractivity contribution in [2.75, 3.05) is 18.0 Å². The highest BCUT2D eigenvalue weighted by atomic mass is 16.6. The molecule has 0 radical (unpaired) electrons. The molecule has 2 fully saturated rings. The third-order valence-electron chi connectivity index (χ3n) is 4.43. The number of benzene rings is 1. The topological polar surface area (TPSA) is 56.6 Å². The highest BCUT2D eigenvalue weighted by molar-refractivity contribution is 5.69. The Balaban J connectivity index is 1.72. The molecule has 1 unspecified atom stereocenters. The number of amides is 1. The first-order valence-corrected chi connectivity index (χ1v) is 8.14. The number of anilines is 1. The molecule has 122 valence electrons. The Labute approximate surface area is 137 Å². The normalized spacial score (nSPS) is 23.6. The number of hydrogen-bond donors (Lipinski definition) is 0. The van der Waals surface area contributed by atoms with Crippen molar-refractivity contribution >= 4 is 11.8 Å². The van der Waals surface area contributed by atoms with Crippen LogP contribution in [0.25, 0.3) is 0 Å². The van der Waals surface area contributed by atoms with Crippen molar-refractivity contribution in [2.45, 2.75) is 51.3 Å². The summed E-state index contributed by atoms with van der Waals surface area (Å²) in [7, 11) is 0. The molecular weight excluding hydrogens is 290 g/mol. The van der Waals surface area contributed by atoms with E-state index in [1.807, 2.05) is 49.9 Å². The molecule has 2 aliphatic rings. The molecule has 0 aliphatic carbocycles. The average molecular weight is 313 g/mol. The molecule has 0 spiro atoms. The van der Waals surface area contributed by atoms with Crippen molar-refractivity contribution in [2.24, 2.45) is 0 Å². The summed E-state index contributed by atoms with van der Waals surface area (Å²) in [4.78, 5) is 16.6. The smallest absolute Gasteiger partial charge is 0.410 e. The number of carbonyl (C=O) groups excluding carboxylic acids is 1.